The Morgan fingerprint density at radius 3 is 2.50 bits per heavy atom. The summed E-state index contributed by atoms with van der Waals surface area (Å²) in [6.07, 6.45) is -0.647. The average molecular weight is 468 g/mol. The Kier molecular flexibility index (Phi) is 5.11. The summed E-state index contributed by atoms with van der Waals surface area (Å²) < 4.78 is 54.3. The molecule has 3 aromatic heterocycles. The third-order valence-corrected chi connectivity index (χ3v) is 5.46. The molecule has 0 bridgehead atoms. The summed E-state index contributed by atoms with van der Waals surface area (Å²) in [5, 5.41) is 0. The van der Waals surface area contributed by atoms with Gasteiger partial charge in [-0.25, -0.2) is 19.9 Å². The second kappa shape index (κ2) is 8.01. The summed E-state index contributed by atoms with van der Waals surface area (Å²) in [4.78, 5) is 30.0. The van der Waals surface area contributed by atoms with Gasteiger partial charge in [0, 0.05) is 36.8 Å². The van der Waals surface area contributed by atoms with E-state index in [2.05, 4.69) is 19.9 Å². The fourth-order valence-corrected chi connectivity index (χ4v) is 3.79. The predicted molar refractivity (Wildman–Crippen MR) is 114 cm³/mol. The maximum atomic E-state index is 14.1. The molecule has 0 N–H and O–H groups in total. The zero-order valence-corrected chi connectivity index (χ0v) is 17.7. The fourth-order valence-electron chi connectivity index (χ4n) is 3.79. The number of hydrogen-bond donors (Lipinski definition) is 0. The molecule has 0 unspecified atom stereocenters. The van der Waals surface area contributed by atoms with Crippen LogP contribution in [0.25, 0.3) is 22.8 Å². The summed E-state index contributed by atoms with van der Waals surface area (Å²) in [6, 6.07) is 9.80. The van der Waals surface area contributed by atoms with Crippen LogP contribution in [0.1, 0.15) is 16.8 Å². The van der Waals surface area contributed by atoms with Gasteiger partial charge in [-0.05, 0) is 17.7 Å². The molecule has 1 amide bonds. The molecule has 0 saturated carbocycles. The van der Waals surface area contributed by atoms with Crippen molar-refractivity contribution in [3.05, 3.63) is 77.8 Å². The molecule has 0 radical (unpaired) electrons. The molecule has 7 nitrogen and oxygen atoms in total. The Hall–Kier alpha value is -4.15. The maximum Gasteiger partial charge on any atom is 0.434 e. The van der Waals surface area contributed by atoms with E-state index in [1.165, 1.54) is 35.0 Å². The maximum absolute atomic E-state index is 14.1. The number of rotatable bonds is 4. The molecule has 0 atom stereocenters. The minimum absolute atomic E-state index is 0.120. The van der Waals surface area contributed by atoms with E-state index >= 15 is 0 Å². The number of carbonyl (C=O) groups excluding carboxylic acids is 1. The number of fused-ring (bicyclic) bond motifs is 1. The van der Waals surface area contributed by atoms with Crippen LogP contribution in [0.3, 0.4) is 0 Å². The molecular formula is C23H16F4N6O. The van der Waals surface area contributed by atoms with E-state index in [1.54, 1.807) is 30.3 Å². The number of pyridine rings is 1. The first-order chi connectivity index (χ1) is 16.2. The van der Waals surface area contributed by atoms with Crippen molar-refractivity contribution in [1.29, 1.82) is 0 Å². The van der Waals surface area contributed by atoms with Gasteiger partial charge in [0.1, 0.15) is 11.6 Å². The van der Waals surface area contributed by atoms with Crippen molar-refractivity contribution < 1.29 is 22.4 Å². The first-order valence-corrected chi connectivity index (χ1v) is 10.2. The van der Waals surface area contributed by atoms with Crippen LogP contribution in [-0.4, -0.2) is 30.4 Å². The van der Waals surface area contributed by atoms with Gasteiger partial charge in [0.15, 0.2) is 11.5 Å². The second-order valence-corrected chi connectivity index (χ2v) is 7.80. The number of carbonyl (C=O) groups is 1. The van der Waals surface area contributed by atoms with Crippen molar-refractivity contribution in [3.63, 3.8) is 0 Å². The van der Waals surface area contributed by atoms with Crippen molar-refractivity contribution in [2.24, 2.45) is 7.05 Å². The predicted octanol–water partition coefficient (Wildman–Crippen LogP) is 4.19. The molecule has 34 heavy (non-hydrogen) atoms. The van der Waals surface area contributed by atoms with Crippen molar-refractivity contribution >= 4 is 11.7 Å². The summed E-state index contributed by atoms with van der Waals surface area (Å²) >= 11 is 0. The van der Waals surface area contributed by atoms with Crippen molar-refractivity contribution in [2.75, 3.05) is 4.90 Å². The third-order valence-electron chi connectivity index (χ3n) is 5.46. The SMILES string of the molecule is Cn1cc(C(F)(F)F)nc1-c1ccc(CN2C(=O)Cc3cnc(-c4cccnc4F)nc32)cc1. The number of alkyl halides is 3. The van der Waals surface area contributed by atoms with E-state index in [9.17, 15) is 22.4 Å². The number of halogens is 4. The highest BCUT2D eigenvalue weighted by Crippen LogP contribution is 2.32. The van der Waals surface area contributed by atoms with E-state index in [4.69, 9.17) is 0 Å². The number of aryl methyl sites for hydroxylation is 1. The molecule has 1 aromatic carbocycles. The number of aromatic nitrogens is 5. The first kappa shape index (κ1) is 21.7. The lowest BCUT2D eigenvalue weighted by molar-refractivity contribution is -0.140. The van der Waals surface area contributed by atoms with Gasteiger partial charge >= 0.3 is 6.18 Å². The number of anilines is 1. The van der Waals surface area contributed by atoms with Gasteiger partial charge in [-0.3, -0.25) is 9.69 Å². The van der Waals surface area contributed by atoms with E-state index < -0.39 is 17.8 Å². The molecular weight excluding hydrogens is 452 g/mol. The number of hydrogen-bond acceptors (Lipinski definition) is 5. The number of amides is 1. The number of benzene rings is 1. The third kappa shape index (κ3) is 3.89. The Bertz CT molecular complexity index is 1400. The minimum atomic E-state index is -4.53. The van der Waals surface area contributed by atoms with Gasteiger partial charge in [-0.2, -0.15) is 17.6 Å². The highest BCUT2D eigenvalue weighted by molar-refractivity contribution is 6.00. The van der Waals surface area contributed by atoms with E-state index in [0.29, 0.717) is 16.9 Å². The van der Waals surface area contributed by atoms with Crippen LogP contribution < -0.4 is 4.90 Å². The molecule has 1 aliphatic heterocycles. The van der Waals surface area contributed by atoms with E-state index in [1.807, 2.05) is 0 Å². The van der Waals surface area contributed by atoms with Crippen LogP contribution in [0.2, 0.25) is 0 Å². The minimum Gasteiger partial charge on any atom is -0.333 e. The van der Waals surface area contributed by atoms with Gasteiger partial charge in [0.05, 0.1) is 18.5 Å². The van der Waals surface area contributed by atoms with Gasteiger partial charge in [-0.1, -0.05) is 24.3 Å². The normalized spacial score (nSPS) is 13.4. The summed E-state index contributed by atoms with van der Waals surface area (Å²) in [5.41, 5.74) is 1.04. The molecule has 172 valence electrons. The molecule has 0 spiro atoms. The van der Waals surface area contributed by atoms with Gasteiger partial charge in [0.25, 0.3) is 0 Å². The second-order valence-electron chi connectivity index (χ2n) is 7.80. The standard InChI is InChI=1S/C23H16F4N6O/c1-32-12-17(23(25,26)27)30-21(32)14-6-4-13(5-7-14)11-33-18(34)9-15-10-29-20(31-22(15)33)16-3-2-8-28-19(16)24/h2-8,10,12H,9,11H2,1H3. The lowest BCUT2D eigenvalue weighted by Gasteiger charge is -2.17. The van der Waals surface area contributed by atoms with Crippen LogP contribution in [0.4, 0.5) is 23.4 Å². The quantitative estimate of drug-likeness (QED) is 0.332. The summed E-state index contributed by atoms with van der Waals surface area (Å²) in [5.74, 6) is -0.207. The summed E-state index contributed by atoms with van der Waals surface area (Å²) in [7, 11) is 1.49. The van der Waals surface area contributed by atoms with Crippen molar-refractivity contribution in [3.8, 4) is 22.8 Å². The van der Waals surface area contributed by atoms with Crippen molar-refractivity contribution in [2.45, 2.75) is 19.1 Å². The van der Waals surface area contributed by atoms with Crippen LogP contribution in [0.5, 0.6) is 0 Å². The molecule has 4 heterocycles. The lowest BCUT2D eigenvalue weighted by Crippen LogP contribution is -2.26. The molecule has 0 saturated heterocycles. The highest BCUT2D eigenvalue weighted by atomic mass is 19.4. The fraction of sp³-hybridized carbons (Fsp3) is 0.174. The zero-order valence-electron chi connectivity index (χ0n) is 17.7. The zero-order chi connectivity index (χ0) is 24.0. The average Bonchev–Trinajstić information content (AvgIpc) is 3.34. The Morgan fingerprint density at radius 2 is 1.82 bits per heavy atom. The molecule has 11 heteroatoms. The molecule has 0 fully saturated rings. The largest absolute Gasteiger partial charge is 0.434 e. The topological polar surface area (TPSA) is 76.8 Å². The number of nitrogens with zero attached hydrogens (tertiary/aromatic N) is 6. The highest BCUT2D eigenvalue weighted by Gasteiger charge is 2.34. The lowest BCUT2D eigenvalue weighted by atomic mass is 10.1. The van der Waals surface area contributed by atoms with Crippen molar-refractivity contribution in [1.82, 2.24) is 24.5 Å². The Balaban J connectivity index is 1.41. The number of imidazole rings is 1. The van der Waals surface area contributed by atoms with Gasteiger partial charge in [-0.15, -0.1) is 0 Å². The monoisotopic (exact) mass is 468 g/mol. The molecule has 5 rings (SSSR count). The Labute approximate surface area is 190 Å². The molecule has 0 aliphatic carbocycles. The first-order valence-electron chi connectivity index (χ1n) is 10.2. The van der Waals surface area contributed by atoms with Crippen LogP contribution in [-0.2, 0) is 31.0 Å². The van der Waals surface area contributed by atoms with E-state index in [0.717, 1.165) is 11.8 Å². The smallest absolute Gasteiger partial charge is 0.333 e. The van der Waals surface area contributed by atoms with Crippen LogP contribution in [0.15, 0.2) is 55.0 Å². The van der Waals surface area contributed by atoms with Crippen LogP contribution in [0, 0.1) is 5.95 Å². The van der Waals surface area contributed by atoms with Gasteiger partial charge < -0.3 is 4.57 Å². The van der Waals surface area contributed by atoms with Crippen LogP contribution >= 0.6 is 0 Å². The van der Waals surface area contributed by atoms with E-state index in [-0.39, 0.29) is 36.1 Å². The molecule has 1 aliphatic rings. The molecule has 4 aromatic rings. The van der Waals surface area contributed by atoms with Gasteiger partial charge in [0.2, 0.25) is 11.9 Å². The summed E-state index contributed by atoms with van der Waals surface area (Å²) in [6.45, 7) is 0.187. The Morgan fingerprint density at radius 1 is 1.06 bits per heavy atom.